The molecule has 0 amide bonds. The summed E-state index contributed by atoms with van der Waals surface area (Å²) in [6.45, 7) is 8.67. The molecule has 0 bridgehead atoms. The molecule has 0 aliphatic heterocycles. The average molecular weight is 354 g/mol. The first-order valence-corrected chi connectivity index (χ1v) is 9.81. The lowest BCUT2D eigenvalue weighted by Gasteiger charge is -2.23. The van der Waals surface area contributed by atoms with Crippen LogP contribution in [0.25, 0.3) is 0 Å². The highest BCUT2D eigenvalue weighted by Crippen LogP contribution is 2.29. The van der Waals surface area contributed by atoms with E-state index in [4.69, 9.17) is 0 Å². The van der Waals surface area contributed by atoms with Gasteiger partial charge in [0, 0.05) is 17.5 Å². The number of unbranched alkanes of at least 4 members (excludes halogenated alkanes) is 3. The lowest BCUT2D eigenvalue weighted by molar-refractivity contribution is -0.131. The number of carbonyl (C=O) groups is 2. The molecule has 1 aromatic rings. The van der Waals surface area contributed by atoms with Gasteiger partial charge >= 0.3 is 0 Å². The van der Waals surface area contributed by atoms with Crippen LogP contribution < -0.4 is 5.32 Å². The Labute approximate surface area is 157 Å². The van der Waals surface area contributed by atoms with Crippen molar-refractivity contribution >= 4 is 17.3 Å². The van der Waals surface area contributed by atoms with Gasteiger partial charge in [-0.05, 0) is 47.6 Å². The van der Waals surface area contributed by atoms with E-state index in [0.29, 0.717) is 5.92 Å². The van der Waals surface area contributed by atoms with E-state index in [1.165, 1.54) is 37.0 Å². The molecule has 1 atom stereocenters. The van der Waals surface area contributed by atoms with E-state index < -0.39 is 11.6 Å². The van der Waals surface area contributed by atoms with Crippen molar-refractivity contribution in [1.29, 1.82) is 0 Å². The van der Waals surface area contributed by atoms with Crippen LogP contribution in [-0.2, 0) is 9.59 Å². The molecule has 1 N–H and O–H groups in total. The maximum atomic E-state index is 11.9. The summed E-state index contributed by atoms with van der Waals surface area (Å²) in [5.74, 6) is -0.136. The summed E-state index contributed by atoms with van der Waals surface area (Å²) >= 11 is 0. The molecule has 2 rings (SSSR count). The number of allylic oxidation sites excluding steroid dienone is 3. The SMILES string of the molecule is CCCCCCC(C)C1=CC(=O)C(=O)C=C1Nc1ccc(C(C)C)cc1. The van der Waals surface area contributed by atoms with E-state index in [9.17, 15) is 9.59 Å². The zero-order valence-electron chi connectivity index (χ0n) is 16.5. The van der Waals surface area contributed by atoms with E-state index in [-0.39, 0.29) is 5.92 Å². The number of hydrogen-bond donors (Lipinski definition) is 1. The van der Waals surface area contributed by atoms with Gasteiger partial charge in [0.15, 0.2) is 0 Å². The van der Waals surface area contributed by atoms with Gasteiger partial charge in [-0.25, -0.2) is 0 Å². The van der Waals surface area contributed by atoms with Crippen LogP contribution in [0.5, 0.6) is 0 Å². The molecule has 0 fully saturated rings. The predicted octanol–water partition coefficient (Wildman–Crippen LogP) is 5.79. The molecular weight excluding hydrogens is 322 g/mol. The number of anilines is 1. The summed E-state index contributed by atoms with van der Waals surface area (Å²) in [4.78, 5) is 23.8. The monoisotopic (exact) mass is 353 g/mol. The molecular formula is C23H31NO2. The Morgan fingerprint density at radius 3 is 2.15 bits per heavy atom. The minimum Gasteiger partial charge on any atom is -0.355 e. The van der Waals surface area contributed by atoms with Gasteiger partial charge in [0.05, 0.1) is 0 Å². The molecule has 0 saturated heterocycles. The molecule has 3 heteroatoms. The Bertz CT molecular complexity index is 695. The highest BCUT2D eigenvalue weighted by atomic mass is 16.2. The fraction of sp³-hybridized carbons (Fsp3) is 0.478. The molecule has 3 nitrogen and oxygen atoms in total. The Morgan fingerprint density at radius 2 is 1.54 bits per heavy atom. The van der Waals surface area contributed by atoms with Crippen molar-refractivity contribution in [2.75, 3.05) is 5.32 Å². The van der Waals surface area contributed by atoms with Gasteiger partial charge in [-0.15, -0.1) is 0 Å². The maximum absolute atomic E-state index is 11.9. The topological polar surface area (TPSA) is 46.2 Å². The Hall–Kier alpha value is -2.16. The summed E-state index contributed by atoms with van der Waals surface area (Å²) < 4.78 is 0. The average Bonchev–Trinajstić information content (AvgIpc) is 2.62. The zero-order chi connectivity index (χ0) is 19.1. The Balaban J connectivity index is 2.12. The van der Waals surface area contributed by atoms with Crippen LogP contribution in [0.4, 0.5) is 5.69 Å². The van der Waals surface area contributed by atoms with Crippen molar-refractivity contribution in [3.8, 4) is 0 Å². The smallest absolute Gasteiger partial charge is 0.227 e. The highest BCUT2D eigenvalue weighted by Gasteiger charge is 2.23. The molecule has 0 radical (unpaired) electrons. The van der Waals surface area contributed by atoms with Gasteiger partial charge in [0.2, 0.25) is 11.6 Å². The molecule has 0 heterocycles. The van der Waals surface area contributed by atoms with Crippen molar-refractivity contribution in [2.24, 2.45) is 5.92 Å². The summed E-state index contributed by atoms with van der Waals surface area (Å²) in [5.41, 5.74) is 3.92. The fourth-order valence-corrected chi connectivity index (χ4v) is 3.23. The maximum Gasteiger partial charge on any atom is 0.227 e. The molecule has 1 unspecified atom stereocenters. The van der Waals surface area contributed by atoms with Crippen molar-refractivity contribution in [2.45, 2.75) is 65.7 Å². The van der Waals surface area contributed by atoms with Gasteiger partial charge in [0.25, 0.3) is 0 Å². The predicted molar refractivity (Wildman–Crippen MR) is 108 cm³/mol. The number of benzene rings is 1. The van der Waals surface area contributed by atoms with Gasteiger partial charge in [-0.2, -0.15) is 0 Å². The van der Waals surface area contributed by atoms with E-state index in [0.717, 1.165) is 29.8 Å². The number of carbonyl (C=O) groups excluding carboxylic acids is 2. The standard InChI is InChI=1S/C23H31NO2/c1-5-6-7-8-9-17(4)20-14-22(25)23(26)15-21(20)24-19-12-10-18(11-13-19)16(2)3/h10-17,24H,5-9H2,1-4H3. The summed E-state index contributed by atoms with van der Waals surface area (Å²) in [6, 6.07) is 8.25. The molecule has 1 aliphatic rings. The zero-order valence-corrected chi connectivity index (χ0v) is 16.5. The van der Waals surface area contributed by atoms with Crippen molar-refractivity contribution in [1.82, 2.24) is 0 Å². The lowest BCUT2D eigenvalue weighted by Crippen LogP contribution is -2.21. The molecule has 0 saturated carbocycles. The van der Waals surface area contributed by atoms with Crippen LogP contribution in [0.2, 0.25) is 0 Å². The Kier molecular flexibility index (Phi) is 7.38. The number of hydrogen-bond acceptors (Lipinski definition) is 3. The second-order valence-electron chi connectivity index (χ2n) is 7.54. The summed E-state index contributed by atoms with van der Waals surface area (Å²) in [7, 11) is 0. The van der Waals surface area contributed by atoms with Crippen LogP contribution >= 0.6 is 0 Å². The van der Waals surface area contributed by atoms with Crippen LogP contribution in [0, 0.1) is 5.92 Å². The first-order chi connectivity index (χ1) is 12.4. The first kappa shape index (κ1) is 20.2. The van der Waals surface area contributed by atoms with Gasteiger partial charge in [0.1, 0.15) is 0 Å². The quantitative estimate of drug-likeness (QED) is 0.347. The first-order valence-electron chi connectivity index (χ1n) is 9.81. The van der Waals surface area contributed by atoms with Gasteiger partial charge in [-0.1, -0.05) is 65.5 Å². The summed E-state index contributed by atoms with van der Waals surface area (Å²) in [6.07, 6.45) is 8.82. The van der Waals surface area contributed by atoms with Crippen LogP contribution in [-0.4, -0.2) is 11.6 Å². The normalized spacial score (nSPS) is 15.7. The second-order valence-corrected chi connectivity index (χ2v) is 7.54. The lowest BCUT2D eigenvalue weighted by atomic mass is 9.87. The molecule has 1 aromatic carbocycles. The van der Waals surface area contributed by atoms with Crippen LogP contribution in [0.3, 0.4) is 0 Å². The third-order valence-corrected chi connectivity index (χ3v) is 4.99. The highest BCUT2D eigenvalue weighted by molar-refractivity contribution is 6.46. The third-order valence-electron chi connectivity index (χ3n) is 4.99. The number of ketones is 2. The van der Waals surface area contributed by atoms with E-state index >= 15 is 0 Å². The molecule has 1 aliphatic carbocycles. The van der Waals surface area contributed by atoms with Crippen molar-refractivity contribution < 1.29 is 9.59 Å². The van der Waals surface area contributed by atoms with E-state index in [2.05, 4.69) is 45.1 Å². The molecule has 0 aromatic heterocycles. The molecule has 26 heavy (non-hydrogen) atoms. The molecule has 0 spiro atoms. The molecule has 140 valence electrons. The largest absolute Gasteiger partial charge is 0.355 e. The Morgan fingerprint density at radius 1 is 0.885 bits per heavy atom. The van der Waals surface area contributed by atoms with Crippen molar-refractivity contribution in [3.05, 3.63) is 53.3 Å². The number of rotatable bonds is 9. The van der Waals surface area contributed by atoms with E-state index in [1.807, 2.05) is 12.1 Å². The third kappa shape index (κ3) is 5.42. The van der Waals surface area contributed by atoms with Gasteiger partial charge < -0.3 is 5.32 Å². The minimum absolute atomic E-state index is 0.248. The number of nitrogens with one attached hydrogen (secondary N) is 1. The van der Waals surface area contributed by atoms with Gasteiger partial charge in [-0.3, -0.25) is 9.59 Å². The second kappa shape index (κ2) is 9.51. The summed E-state index contributed by atoms with van der Waals surface area (Å²) in [5, 5.41) is 3.35. The van der Waals surface area contributed by atoms with Crippen LogP contribution in [0.1, 0.15) is 71.3 Å². The fourth-order valence-electron chi connectivity index (χ4n) is 3.23. The van der Waals surface area contributed by atoms with E-state index in [1.54, 1.807) is 0 Å². The minimum atomic E-state index is -0.451. The van der Waals surface area contributed by atoms with Crippen molar-refractivity contribution in [3.63, 3.8) is 0 Å². The van der Waals surface area contributed by atoms with Crippen LogP contribution in [0.15, 0.2) is 47.7 Å².